The van der Waals surface area contributed by atoms with Crippen molar-refractivity contribution in [2.24, 2.45) is 11.8 Å². The molecular formula is C18H28N2O4. The van der Waals surface area contributed by atoms with E-state index in [9.17, 15) is 14.9 Å². The first kappa shape index (κ1) is 20.1. The molecule has 0 fully saturated rings. The first-order valence-corrected chi connectivity index (χ1v) is 8.33. The van der Waals surface area contributed by atoms with E-state index in [1.54, 1.807) is 26.8 Å². The third-order valence-electron chi connectivity index (χ3n) is 4.23. The van der Waals surface area contributed by atoms with E-state index in [0.717, 1.165) is 12.0 Å². The number of nitro groups is 1. The highest BCUT2D eigenvalue weighted by Crippen LogP contribution is 2.28. The molecule has 6 nitrogen and oxygen atoms in total. The second kappa shape index (κ2) is 8.78. The molecule has 1 amide bonds. The van der Waals surface area contributed by atoms with Gasteiger partial charge in [-0.1, -0.05) is 13.8 Å². The smallest absolute Gasteiger partial charge is 0.275 e. The Morgan fingerprint density at radius 1 is 1.29 bits per heavy atom. The number of nitrogens with zero attached hydrogens (tertiary/aromatic N) is 1. The predicted octanol–water partition coefficient (Wildman–Crippen LogP) is 3.29. The molecule has 0 aliphatic rings. The van der Waals surface area contributed by atoms with E-state index in [4.69, 9.17) is 5.11 Å². The Labute approximate surface area is 143 Å². The molecule has 1 aromatic rings. The summed E-state index contributed by atoms with van der Waals surface area (Å²) in [6.45, 7) is 9.83. The summed E-state index contributed by atoms with van der Waals surface area (Å²) in [5.41, 5.74) is 2.07. The monoisotopic (exact) mass is 336 g/mol. The minimum Gasteiger partial charge on any atom is -0.396 e. The Morgan fingerprint density at radius 2 is 1.92 bits per heavy atom. The summed E-state index contributed by atoms with van der Waals surface area (Å²) in [7, 11) is 0. The molecule has 1 atom stereocenters. The van der Waals surface area contributed by atoms with Crippen molar-refractivity contribution >= 4 is 11.6 Å². The van der Waals surface area contributed by atoms with Crippen LogP contribution in [0.5, 0.6) is 0 Å². The maximum Gasteiger partial charge on any atom is 0.275 e. The van der Waals surface area contributed by atoms with E-state index in [1.165, 1.54) is 0 Å². The van der Waals surface area contributed by atoms with Gasteiger partial charge in [0, 0.05) is 24.3 Å². The number of nitrogens with one attached hydrogen (secondary N) is 1. The van der Waals surface area contributed by atoms with Crippen molar-refractivity contribution in [2.45, 2.75) is 47.5 Å². The van der Waals surface area contributed by atoms with Crippen LogP contribution in [0.2, 0.25) is 0 Å². The molecule has 0 saturated heterocycles. The first-order valence-electron chi connectivity index (χ1n) is 8.33. The summed E-state index contributed by atoms with van der Waals surface area (Å²) in [6.07, 6.45) is 1.54. The third-order valence-corrected chi connectivity index (χ3v) is 4.23. The van der Waals surface area contributed by atoms with Crippen molar-refractivity contribution < 1.29 is 14.8 Å². The SMILES string of the molecule is Cc1cc(C)c([N+](=O)[O-])c(C)c1C(=O)NCC(CCO)CC(C)C. The van der Waals surface area contributed by atoms with Gasteiger partial charge in [0.15, 0.2) is 0 Å². The molecule has 0 heterocycles. The maximum atomic E-state index is 12.6. The molecule has 24 heavy (non-hydrogen) atoms. The molecule has 0 saturated carbocycles. The number of aliphatic hydroxyl groups excluding tert-OH is 1. The van der Waals surface area contributed by atoms with E-state index in [-0.39, 0.29) is 24.1 Å². The van der Waals surface area contributed by atoms with Gasteiger partial charge in [0.1, 0.15) is 0 Å². The van der Waals surface area contributed by atoms with Gasteiger partial charge in [0.05, 0.1) is 10.5 Å². The van der Waals surface area contributed by atoms with Gasteiger partial charge in [0.2, 0.25) is 0 Å². The van der Waals surface area contributed by atoms with Gasteiger partial charge in [-0.15, -0.1) is 0 Å². The molecule has 6 heteroatoms. The highest BCUT2D eigenvalue weighted by atomic mass is 16.6. The fourth-order valence-corrected chi connectivity index (χ4v) is 3.28. The van der Waals surface area contributed by atoms with Crippen molar-refractivity contribution in [1.82, 2.24) is 5.32 Å². The van der Waals surface area contributed by atoms with Crippen molar-refractivity contribution in [3.05, 3.63) is 38.4 Å². The number of carbonyl (C=O) groups is 1. The molecule has 0 aliphatic heterocycles. The van der Waals surface area contributed by atoms with Crippen molar-refractivity contribution in [3.63, 3.8) is 0 Å². The Hall–Kier alpha value is -1.95. The number of amides is 1. The molecule has 0 aromatic heterocycles. The Balaban J connectivity index is 2.99. The van der Waals surface area contributed by atoms with Gasteiger partial charge in [-0.3, -0.25) is 14.9 Å². The zero-order valence-corrected chi connectivity index (χ0v) is 15.2. The molecule has 0 bridgehead atoms. The second-order valence-corrected chi connectivity index (χ2v) is 6.83. The Kier molecular flexibility index (Phi) is 7.35. The van der Waals surface area contributed by atoms with E-state index in [1.807, 2.05) is 0 Å². The lowest BCUT2D eigenvalue weighted by atomic mass is 9.93. The third kappa shape index (κ3) is 5.03. The fourth-order valence-electron chi connectivity index (χ4n) is 3.28. The van der Waals surface area contributed by atoms with Crippen LogP contribution in [0, 0.1) is 42.7 Å². The highest BCUT2D eigenvalue weighted by molar-refractivity contribution is 5.98. The lowest BCUT2D eigenvalue weighted by Crippen LogP contribution is -2.31. The minimum absolute atomic E-state index is 0.000149. The largest absolute Gasteiger partial charge is 0.396 e. The van der Waals surface area contributed by atoms with E-state index in [2.05, 4.69) is 19.2 Å². The van der Waals surface area contributed by atoms with E-state index in [0.29, 0.717) is 35.6 Å². The minimum atomic E-state index is -0.436. The number of hydrogen-bond donors (Lipinski definition) is 2. The van der Waals surface area contributed by atoms with Gasteiger partial charge >= 0.3 is 0 Å². The van der Waals surface area contributed by atoms with Gasteiger partial charge in [-0.2, -0.15) is 0 Å². The molecule has 0 radical (unpaired) electrons. The number of carbonyl (C=O) groups excluding carboxylic acids is 1. The number of hydrogen-bond acceptors (Lipinski definition) is 4. The van der Waals surface area contributed by atoms with Crippen LogP contribution < -0.4 is 5.32 Å². The van der Waals surface area contributed by atoms with Gasteiger partial charge in [-0.25, -0.2) is 0 Å². The van der Waals surface area contributed by atoms with Crippen molar-refractivity contribution in [1.29, 1.82) is 0 Å². The second-order valence-electron chi connectivity index (χ2n) is 6.83. The van der Waals surface area contributed by atoms with Gasteiger partial charge < -0.3 is 10.4 Å². The average molecular weight is 336 g/mol. The lowest BCUT2D eigenvalue weighted by Gasteiger charge is -2.19. The zero-order valence-electron chi connectivity index (χ0n) is 15.2. The van der Waals surface area contributed by atoms with Crippen LogP contribution in [0.15, 0.2) is 6.07 Å². The topological polar surface area (TPSA) is 92.5 Å². The number of nitro benzene ring substituents is 1. The van der Waals surface area contributed by atoms with Crippen LogP contribution in [0.4, 0.5) is 5.69 Å². The highest BCUT2D eigenvalue weighted by Gasteiger charge is 2.24. The Bertz CT molecular complexity index is 612. The molecule has 1 rings (SSSR count). The molecule has 1 aromatic carbocycles. The average Bonchev–Trinajstić information content (AvgIpc) is 2.43. The number of aryl methyl sites for hydroxylation is 2. The quantitative estimate of drug-likeness (QED) is 0.563. The molecule has 0 aliphatic carbocycles. The maximum absolute atomic E-state index is 12.6. The fraction of sp³-hybridized carbons (Fsp3) is 0.611. The van der Waals surface area contributed by atoms with Crippen LogP contribution in [0.25, 0.3) is 0 Å². The van der Waals surface area contributed by atoms with Crippen LogP contribution >= 0.6 is 0 Å². The van der Waals surface area contributed by atoms with E-state index < -0.39 is 4.92 Å². The molecule has 0 spiro atoms. The lowest BCUT2D eigenvalue weighted by molar-refractivity contribution is -0.386. The summed E-state index contributed by atoms with van der Waals surface area (Å²) in [5.74, 6) is 0.377. The standard InChI is InChI=1S/C18H28N2O4/c1-11(2)8-15(6-7-21)10-19-18(22)16-12(3)9-13(4)17(14(16)5)20(23)24/h9,11,15,21H,6-8,10H2,1-5H3,(H,19,22). The van der Waals surface area contributed by atoms with Crippen LogP contribution in [-0.4, -0.2) is 29.1 Å². The number of benzene rings is 1. The van der Waals surface area contributed by atoms with Crippen LogP contribution in [0.3, 0.4) is 0 Å². The van der Waals surface area contributed by atoms with Crippen molar-refractivity contribution in [2.75, 3.05) is 13.2 Å². The Morgan fingerprint density at radius 3 is 2.42 bits per heavy atom. The van der Waals surface area contributed by atoms with Crippen LogP contribution in [0.1, 0.15) is 53.7 Å². The van der Waals surface area contributed by atoms with Gasteiger partial charge in [-0.05, 0) is 57.1 Å². The zero-order chi connectivity index (χ0) is 18.4. The normalized spacial score (nSPS) is 12.3. The van der Waals surface area contributed by atoms with Gasteiger partial charge in [0.25, 0.3) is 11.6 Å². The number of aliphatic hydroxyl groups is 1. The van der Waals surface area contributed by atoms with Crippen LogP contribution in [-0.2, 0) is 0 Å². The summed E-state index contributed by atoms with van der Waals surface area (Å²) in [4.78, 5) is 23.4. The van der Waals surface area contributed by atoms with E-state index >= 15 is 0 Å². The first-order chi connectivity index (χ1) is 11.2. The summed E-state index contributed by atoms with van der Waals surface area (Å²) in [5, 5.41) is 23.3. The summed E-state index contributed by atoms with van der Waals surface area (Å²) in [6, 6.07) is 1.68. The summed E-state index contributed by atoms with van der Waals surface area (Å²) < 4.78 is 0. The predicted molar refractivity (Wildman–Crippen MR) is 94.3 cm³/mol. The molecular weight excluding hydrogens is 308 g/mol. The molecule has 2 N–H and O–H groups in total. The molecule has 1 unspecified atom stereocenters. The summed E-state index contributed by atoms with van der Waals surface area (Å²) >= 11 is 0. The molecule has 134 valence electrons. The number of rotatable bonds is 8. The van der Waals surface area contributed by atoms with Crippen molar-refractivity contribution in [3.8, 4) is 0 Å².